The van der Waals surface area contributed by atoms with E-state index >= 15 is 0 Å². The van der Waals surface area contributed by atoms with Crippen molar-refractivity contribution in [1.29, 1.82) is 0 Å². The van der Waals surface area contributed by atoms with Crippen LogP contribution in [0, 0.1) is 0 Å². The van der Waals surface area contributed by atoms with Crippen LogP contribution in [0.1, 0.15) is 24.2 Å². The van der Waals surface area contributed by atoms with E-state index in [9.17, 15) is 4.79 Å². The Hall–Kier alpha value is -1.75. The standard InChI is InChI=1S/C16H26N4O/c1-11-9-20(10-12(2)19(11)5)15-8-13(17)6-7-14(15)16(21)18(3)4/h6-8,11-12H,9-10,17H2,1-5H3. The summed E-state index contributed by atoms with van der Waals surface area (Å²) >= 11 is 0. The maximum absolute atomic E-state index is 12.4. The normalized spacial score (nSPS) is 23.2. The molecule has 0 bridgehead atoms. The number of likely N-dealkylation sites (N-methyl/N-ethyl adjacent to an activating group) is 1. The third-order valence-electron chi connectivity index (χ3n) is 4.36. The first kappa shape index (κ1) is 15.6. The predicted molar refractivity (Wildman–Crippen MR) is 87.8 cm³/mol. The van der Waals surface area contributed by atoms with Gasteiger partial charge in [0.1, 0.15) is 0 Å². The van der Waals surface area contributed by atoms with E-state index in [-0.39, 0.29) is 5.91 Å². The van der Waals surface area contributed by atoms with Gasteiger partial charge in [-0.3, -0.25) is 9.69 Å². The molecule has 1 aliphatic rings. The Morgan fingerprint density at radius 3 is 2.33 bits per heavy atom. The average molecular weight is 290 g/mol. The number of nitrogens with zero attached hydrogens (tertiary/aromatic N) is 3. The summed E-state index contributed by atoms with van der Waals surface area (Å²) in [6.45, 7) is 6.22. The van der Waals surface area contributed by atoms with Crippen LogP contribution in [-0.4, -0.2) is 62.0 Å². The second kappa shape index (κ2) is 5.93. The average Bonchev–Trinajstić information content (AvgIpc) is 2.43. The smallest absolute Gasteiger partial charge is 0.255 e. The van der Waals surface area contributed by atoms with Crippen LogP contribution in [0.25, 0.3) is 0 Å². The Bertz CT molecular complexity index is 517. The molecule has 116 valence electrons. The van der Waals surface area contributed by atoms with Gasteiger partial charge in [0, 0.05) is 45.0 Å². The maximum Gasteiger partial charge on any atom is 0.255 e. The van der Waals surface area contributed by atoms with E-state index in [1.165, 1.54) is 0 Å². The summed E-state index contributed by atoms with van der Waals surface area (Å²) in [6, 6.07) is 6.43. The van der Waals surface area contributed by atoms with E-state index in [1.807, 2.05) is 12.1 Å². The minimum Gasteiger partial charge on any atom is -0.399 e. The molecule has 0 aromatic heterocycles. The summed E-state index contributed by atoms with van der Waals surface area (Å²) in [4.78, 5) is 18.7. The van der Waals surface area contributed by atoms with Crippen molar-refractivity contribution in [3.63, 3.8) is 0 Å². The fourth-order valence-electron chi connectivity index (χ4n) is 2.83. The number of nitrogens with two attached hydrogens (primary N) is 1. The van der Waals surface area contributed by atoms with Crippen molar-refractivity contribution in [2.75, 3.05) is 44.9 Å². The number of anilines is 2. The molecule has 2 atom stereocenters. The second-order valence-corrected chi connectivity index (χ2v) is 6.24. The van der Waals surface area contributed by atoms with Crippen molar-refractivity contribution < 1.29 is 4.79 Å². The van der Waals surface area contributed by atoms with Gasteiger partial charge in [0.2, 0.25) is 0 Å². The molecular weight excluding hydrogens is 264 g/mol. The van der Waals surface area contributed by atoms with Crippen LogP contribution in [0.2, 0.25) is 0 Å². The van der Waals surface area contributed by atoms with E-state index in [1.54, 1.807) is 25.1 Å². The molecule has 1 heterocycles. The molecule has 2 N–H and O–H groups in total. The molecule has 21 heavy (non-hydrogen) atoms. The lowest BCUT2D eigenvalue weighted by Gasteiger charge is -2.44. The first-order valence-electron chi connectivity index (χ1n) is 7.39. The Labute approximate surface area is 127 Å². The van der Waals surface area contributed by atoms with E-state index in [4.69, 9.17) is 5.73 Å². The highest BCUT2D eigenvalue weighted by molar-refractivity contribution is 6.00. The van der Waals surface area contributed by atoms with Crippen molar-refractivity contribution in [2.24, 2.45) is 0 Å². The van der Waals surface area contributed by atoms with Crippen molar-refractivity contribution in [2.45, 2.75) is 25.9 Å². The molecule has 1 aliphatic heterocycles. The van der Waals surface area contributed by atoms with Crippen molar-refractivity contribution in [3.05, 3.63) is 23.8 Å². The molecule has 0 radical (unpaired) electrons. The maximum atomic E-state index is 12.4. The number of amides is 1. The number of hydrogen-bond donors (Lipinski definition) is 1. The number of nitrogen functional groups attached to an aromatic ring is 1. The number of hydrogen-bond acceptors (Lipinski definition) is 4. The highest BCUT2D eigenvalue weighted by Crippen LogP contribution is 2.28. The molecule has 1 aromatic carbocycles. The SMILES string of the molecule is CC1CN(c2cc(N)ccc2C(=O)N(C)C)CC(C)N1C. The zero-order valence-electron chi connectivity index (χ0n) is 13.6. The zero-order valence-corrected chi connectivity index (χ0v) is 13.6. The van der Waals surface area contributed by atoms with Gasteiger partial charge in [0.05, 0.1) is 11.3 Å². The summed E-state index contributed by atoms with van der Waals surface area (Å²) < 4.78 is 0. The van der Waals surface area contributed by atoms with Gasteiger partial charge in [-0.1, -0.05) is 0 Å². The van der Waals surface area contributed by atoms with Gasteiger partial charge in [-0.25, -0.2) is 0 Å². The van der Waals surface area contributed by atoms with Gasteiger partial charge in [0.25, 0.3) is 5.91 Å². The Kier molecular flexibility index (Phi) is 4.42. The number of carbonyl (C=O) groups excluding carboxylic acids is 1. The van der Waals surface area contributed by atoms with Crippen molar-refractivity contribution >= 4 is 17.3 Å². The highest BCUT2D eigenvalue weighted by atomic mass is 16.2. The summed E-state index contributed by atoms with van der Waals surface area (Å²) in [6.07, 6.45) is 0. The lowest BCUT2D eigenvalue weighted by atomic mass is 10.0. The minimum atomic E-state index is 0.0178. The molecule has 5 nitrogen and oxygen atoms in total. The van der Waals surface area contributed by atoms with Crippen LogP contribution >= 0.6 is 0 Å². The molecule has 1 aromatic rings. The third-order valence-corrected chi connectivity index (χ3v) is 4.36. The lowest BCUT2D eigenvalue weighted by molar-refractivity contribution is 0.0827. The summed E-state index contributed by atoms with van der Waals surface area (Å²) in [7, 11) is 5.70. The molecule has 0 spiro atoms. The number of benzene rings is 1. The monoisotopic (exact) mass is 290 g/mol. The first-order valence-corrected chi connectivity index (χ1v) is 7.39. The molecule has 2 rings (SSSR count). The topological polar surface area (TPSA) is 52.8 Å². The minimum absolute atomic E-state index is 0.0178. The van der Waals surface area contributed by atoms with Gasteiger partial charge in [-0.15, -0.1) is 0 Å². The molecule has 5 heteroatoms. The second-order valence-electron chi connectivity index (χ2n) is 6.24. The van der Waals surface area contributed by atoms with Crippen molar-refractivity contribution in [3.8, 4) is 0 Å². The molecule has 2 unspecified atom stereocenters. The quantitative estimate of drug-likeness (QED) is 0.839. The molecule has 1 saturated heterocycles. The van der Waals surface area contributed by atoms with Crippen LogP contribution in [0.15, 0.2) is 18.2 Å². The van der Waals surface area contributed by atoms with E-state index in [0.717, 1.165) is 24.3 Å². The van der Waals surface area contributed by atoms with Crippen LogP contribution in [0.5, 0.6) is 0 Å². The number of piperazine rings is 1. The zero-order chi connectivity index (χ0) is 15.7. The number of carbonyl (C=O) groups is 1. The number of rotatable bonds is 2. The van der Waals surface area contributed by atoms with Crippen LogP contribution in [-0.2, 0) is 0 Å². The van der Waals surface area contributed by atoms with Crippen LogP contribution in [0.4, 0.5) is 11.4 Å². The van der Waals surface area contributed by atoms with Crippen LogP contribution in [0.3, 0.4) is 0 Å². The van der Waals surface area contributed by atoms with E-state index in [2.05, 4.69) is 30.7 Å². The lowest BCUT2D eigenvalue weighted by Crippen LogP contribution is -2.55. The largest absolute Gasteiger partial charge is 0.399 e. The molecule has 0 aliphatic carbocycles. The van der Waals surface area contributed by atoms with Gasteiger partial charge >= 0.3 is 0 Å². The summed E-state index contributed by atoms with van der Waals surface area (Å²) in [5.41, 5.74) is 8.30. The molecule has 1 amide bonds. The van der Waals surface area contributed by atoms with Gasteiger partial charge in [0.15, 0.2) is 0 Å². The molecule has 0 saturated carbocycles. The fourth-order valence-corrected chi connectivity index (χ4v) is 2.83. The molecular formula is C16H26N4O. The van der Waals surface area contributed by atoms with Crippen LogP contribution < -0.4 is 10.6 Å². The fraction of sp³-hybridized carbons (Fsp3) is 0.562. The Morgan fingerprint density at radius 1 is 1.24 bits per heavy atom. The van der Waals surface area contributed by atoms with E-state index in [0.29, 0.717) is 17.8 Å². The van der Waals surface area contributed by atoms with Gasteiger partial charge in [-0.05, 0) is 39.1 Å². The third kappa shape index (κ3) is 3.13. The first-order chi connectivity index (χ1) is 9.81. The Balaban J connectivity index is 2.38. The predicted octanol–water partition coefficient (Wildman–Crippen LogP) is 1.50. The molecule has 1 fully saturated rings. The summed E-state index contributed by atoms with van der Waals surface area (Å²) in [5, 5.41) is 0. The van der Waals surface area contributed by atoms with E-state index < -0.39 is 0 Å². The van der Waals surface area contributed by atoms with Crippen molar-refractivity contribution in [1.82, 2.24) is 9.80 Å². The van der Waals surface area contributed by atoms with Gasteiger partial charge < -0.3 is 15.5 Å². The summed E-state index contributed by atoms with van der Waals surface area (Å²) in [5.74, 6) is 0.0178. The highest BCUT2D eigenvalue weighted by Gasteiger charge is 2.29. The Morgan fingerprint density at radius 2 is 1.81 bits per heavy atom. The van der Waals surface area contributed by atoms with Gasteiger partial charge in [-0.2, -0.15) is 0 Å².